The summed E-state index contributed by atoms with van der Waals surface area (Å²) in [5.41, 5.74) is 7.82. The molecule has 0 radical (unpaired) electrons. The number of hydrogen-bond donors (Lipinski definition) is 1. The molecule has 1 aromatic rings. The van der Waals surface area contributed by atoms with E-state index in [1.54, 1.807) is 20.3 Å². The molecule has 0 spiro atoms. The van der Waals surface area contributed by atoms with Crippen LogP contribution < -0.4 is 10.6 Å². The van der Waals surface area contributed by atoms with Gasteiger partial charge in [-0.3, -0.25) is 4.79 Å². The predicted molar refractivity (Wildman–Crippen MR) is 76.8 cm³/mol. The number of carbonyl (C=O) groups excluding carboxylic acids is 1. The van der Waals surface area contributed by atoms with E-state index in [1.165, 1.54) is 6.92 Å². The SMILES string of the molecule is COCCN(CCOC)c1ccc(N)c(C(C)=O)c1. The Kier molecular flexibility index (Phi) is 6.32. The normalized spacial score (nSPS) is 10.5. The maximum absolute atomic E-state index is 11.5. The van der Waals surface area contributed by atoms with E-state index in [-0.39, 0.29) is 5.78 Å². The molecule has 0 amide bonds. The highest BCUT2D eigenvalue weighted by Gasteiger charge is 2.11. The van der Waals surface area contributed by atoms with Crippen molar-refractivity contribution in [1.29, 1.82) is 0 Å². The van der Waals surface area contributed by atoms with Crippen LogP contribution in [-0.4, -0.2) is 46.3 Å². The maximum atomic E-state index is 11.5. The van der Waals surface area contributed by atoms with Crippen molar-refractivity contribution in [3.63, 3.8) is 0 Å². The number of anilines is 2. The molecular weight excluding hydrogens is 244 g/mol. The van der Waals surface area contributed by atoms with Gasteiger partial charge in [0.25, 0.3) is 0 Å². The lowest BCUT2D eigenvalue weighted by Crippen LogP contribution is -2.30. The molecule has 0 fully saturated rings. The van der Waals surface area contributed by atoms with Crippen LogP contribution in [0.15, 0.2) is 18.2 Å². The summed E-state index contributed by atoms with van der Waals surface area (Å²) in [5, 5.41) is 0. The molecule has 5 heteroatoms. The Morgan fingerprint density at radius 2 is 1.79 bits per heavy atom. The number of hydrogen-bond acceptors (Lipinski definition) is 5. The van der Waals surface area contributed by atoms with Crippen LogP contribution in [0.5, 0.6) is 0 Å². The molecule has 0 atom stereocenters. The van der Waals surface area contributed by atoms with Gasteiger partial charge in [-0.2, -0.15) is 0 Å². The minimum atomic E-state index is -0.0298. The number of nitrogen functional groups attached to an aromatic ring is 1. The lowest BCUT2D eigenvalue weighted by Gasteiger charge is -2.25. The van der Waals surface area contributed by atoms with Crippen molar-refractivity contribution in [1.82, 2.24) is 0 Å². The van der Waals surface area contributed by atoms with Crippen LogP contribution >= 0.6 is 0 Å². The number of benzene rings is 1. The molecule has 0 bridgehead atoms. The monoisotopic (exact) mass is 266 g/mol. The molecule has 19 heavy (non-hydrogen) atoms. The summed E-state index contributed by atoms with van der Waals surface area (Å²) in [4.78, 5) is 13.6. The topological polar surface area (TPSA) is 64.8 Å². The first-order valence-electron chi connectivity index (χ1n) is 6.23. The zero-order valence-electron chi connectivity index (χ0n) is 11.8. The van der Waals surface area contributed by atoms with Gasteiger partial charge in [0.1, 0.15) is 0 Å². The average molecular weight is 266 g/mol. The van der Waals surface area contributed by atoms with Gasteiger partial charge >= 0.3 is 0 Å². The molecule has 0 unspecified atom stereocenters. The Morgan fingerprint density at radius 3 is 2.26 bits per heavy atom. The minimum Gasteiger partial charge on any atom is -0.398 e. The van der Waals surface area contributed by atoms with Gasteiger partial charge in [-0.1, -0.05) is 0 Å². The third kappa shape index (κ3) is 4.54. The van der Waals surface area contributed by atoms with Gasteiger partial charge < -0.3 is 20.1 Å². The standard InChI is InChI=1S/C14H22N2O3/c1-11(17)13-10-12(4-5-14(13)15)16(6-8-18-2)7-9-19-3/h4-5,10H,6-9,15H2,1-3H3. The molecule has 0 saturated heterocycles. The van der Waals surface area contributed by atoms with Gasteiger partial charge in [-0.05, 0) is 25.1 Å². The van der Waals surface area contributed by atoms with E-state index in [0.29, 0.717) is 24.5 Å². The molecule has 0 heterocycles. The predicted octanol–water partition coefficient (Wildman–Crippen LogP) is 1.57. The molecule has 1 aromatic carbocycles. The molecular formula is C14H22N2O3. The van der Waals surface area contributed by atoms with E-state index in [0.717, 1.165) is 18.8 Å². The van der Waals surface area contributed by atoms with Gasteiger partial charge in [0, 0.05) is 44.2 Å². The smallest absolute Gasteiger partial charge is 0.161 e. The van der Waals surface area contributed by atoms with Crippen LogP contribution in [0, 0.1) is 0 Å². The first-order chi connectivity index (χ1) is 9.10. The Hall–Kier alpha value is -1.59. The lowest BCUT2D eigenvalue weighted by atomic mass is 10.1. The van der Waals surface area contributed by atoms with Crippen molar-refractivity contribution >= 4 is 17.2 Å². The highest BCUT2D eigenvalue weighted by atomic mass is 16.5. The number of carbonyl (C=O) groups is 1. The van der Waals surface area contributed by atoms with E-state index in [2.05, 4.69) is 4.90 Å². The van der Waals surface area contributed by atoms with Gasteiger partial charge in [0.05, 0.1) is 13.2 Å². The van der Waals surface area contributed by atoms with Gasteiger partial charge in [0.2, 0.25) is 0 Å². The quantitative estimate of drug-likeness (QED) is 0.571. The average Bonchev–Trinajstić information content (AvgIpc) is 2.39. The fourth-order valence-corrected chi connectivity index (χ4v) is 1.82. The lowest BCUT2D eigenvalue weighted by molar-refractivity contribution is 0.101. The molecule has 0 aliphatic heterocycles. The van der Waals surface area contributed by atoms with E-state index >= 15 is 0 Å². The van der Waals surface area contributed by atoms with Crippen LogP contribution in [0.2, 0.25) is 0 Å². The number of nitrogens with two attached hydrogens (primary N) is 1. The molecule has 106 valence electrons. The van der Waals surface area contributed by atoms with Crippen molar-refractivity contribution in [2.24, 2.45) is 0 Å². The number of methoxy groups -OCH3 is 2. The van der Waals surface area contributed by atoms with E-state index in [1.807, 2.05) is 12.1 Å². The largest absolute Gasteiger partial charge is 0.398 e. The van der Waals surface area contributed by atoms with Gasteiger partial charge in [-0.15, -0.1) is 0 Å². The second-order valence-corrected chi connectivity index (χ2v) is 4.30. The van der Waals surface area contributed by atoms with Gasteiger partial charge in [-0.25, -0.2) is 0 Å². The summed E-state index contributed by atoms with van der Waals surface area (Å²) in [5.74, 6) is -0.0298. The van der Waals surface area contributed by atoms with Crippen LogP contribution in [0.1, 0.15) is 17.3 Å². The van der Waals surface area contributed by atoms with E-state index in [4.69, 9.17) is 15.2 Å². The number of ketones is 1. The van der Waals surface area contributed by atoms with Crippen molar-refractivity contribution in [2.45, 2.75) is 6.92 Å². The van der Waals surface area contributed by atoms with Crippen LogP contribution in [0.3, 0.4) is 0 Å². The fourth-order valence-electron chi connectivity index (χ4n) is 1.82. The second-order valence-electron chi connectivity index (χ2n) is 4.30. The first-order valence-corrected chi connectivity index (χ1v) is 6.23. The molecule has 5 nitrogen and oxygen atoms in total. The zero-order valence-corrected chi connectivity index (χ0v) is 11.8. The molecule has 0 saturated carbocycles. The Labute approximate surface area is 114 Å². The Morgan fingerprint density at radius 1 is 1.21 bits per heavy atom. The highest BCUT2D eigenvalue weighted by Crippen LogP contribution is 2.21. The number of nitrogens with zero attached hydrogens (tertiary/aromatic N) is 1. The summed E-state index contributed by atoms with van der Waals surface area (Å²) >= 11 is 0. The minimum absolute atomic E-state index is 0.0298. The summed E-state index contributed by atoms with van der Waals surface area (Å²) in [6.45, 7) is 4.22. The van der Waals surface area contributed by atoms with E-state index in [9.17, 15) is 4.79 Å². The van der Waals surface area contributed by atoms with Crippen LogP contribution in [0.4, 0.5) is 11.4 Å². The second kappa shape index (κ2) is 7.76. The number of ether oxygens (including phenoxy) is 2. The van der Waals surface area contributed by atoms with Crippen LogP contribution in [0.25, 0.3) is 0 Å². The summed E-state index contributed by atoms with van der Waals surface area (Å²) in [6, 6.07) is 5.49. The van der Waals surface area contributed by atoms with Crippen molar-refractivity contribution in [3.05, 3.63) is 23.8 Å². The maximum Gasteiger partial charge on any atom is 0.161 e. The van der Waals surface area contributed by atoms with Gasteiger partial charge in [0.15, 0.2) is 5.78 Å². The van der Waals surface area contributed by atoms with Crippen LogP contribution in [-0.2, 0) is 9.47 Å². The number of rotatable bonds is 8. The molecule has 0 aliphatic rings. The van der Waals surface area contributed by atoms with Crippen molar-refractivity contribution in [2.75, 3.05) is 51.2 Å². The third-order valence-electron chi connectivity index (χ3n) is 2.91. The van der Waals surface area contributed by atoms with Crippen molar-refractivity contribution in [3.8, 4) is 0 Å². The fraction of sp³-hybridized carbons (Fsp3) is 0.500. The Bertz CT molecular complexity index is 413. The summed E-state index contributed by atoms with van der Waals surface area (Å²) in [6.07, 6.45) is 0. The first kappa shape index (κ1) is 15.5. The van der Waals surface area contributed by atoms with E-state index < -0.39 is 0 Å². The summed E-state index contributed by atoms with van der Waals surface area (Å²) < 4.78 is 10.2. The molecule has 0 aromatic heterocycles. The van der Waals surface area contributed by atoms with Crippen molar-refractivity contribution < 1.29 is 14.3 Å². The zero-order chi connectivity index (χ0) is 14.3. The molecule has 2 N–H and O–H groups in total. The molecule has 0 aliphatic carbocycles. The number of Topliss-reactive ketones (excluding diaryl/α,β-unsaturated/α-hetero) is 1. The highest BCUT2D eigenvalue weighted by molar-refractivity contribution is 6.00. The molecule has 1 rings (SSSR count). The summed E-state index contributed by atoms with van der Waals surface area (Å²) in [7, 11) is 3.33. The Balaban J connectivity index is 2.93. The third-order valence-corrected chi connectivity index (χ3v) is 2.91.